The van der Waals surface area contributed by atoms with Gasteiger partial charge in [-0.1, -0.05) is 6.07 Å². The number of rotatable bonds is 3. The predicted octanol–water partition coefficient (Wildman–Crippen LogP) is 0.318. The summed E-state index contributed by atoms with van der Waals surface area (Å²) in [5.41, 5.74) is 5.46. The summed E-state index contributed by atoms with van der Waals surface area (Å²) in [5.74, 6) is -2.04. The van der Waals surface area contributed by atoms with Gasteiger partial charge in [0.05, 0.1) is 18.8 Å². The van der Waals surface area contributed by atoms with Crippen LogP contribution < -0.4 is 5.73 Å². The standard InChI is InChI=1S/C9H11F2NO2/c10-6-2-1-5(3-7(6)11)9(14)8(12)4-13/h1-3,8-9,13-14H,4,12H2. The van der Waals surface area contributed by atoms with Crippen LogP contribution in [0.1, 0.15) is 11.7 Å². The molecule has 1 aromatic rings. The Kier molecular flexibility index (Phi) is 3.51. The van der Waals surface area contributed by atoms with Gasteiger partial charge in [-0.15, -0.1) is 0 Å². The molecule has 0 bridgehead atoms. The molecule has 0 fully saturated rings. The summed E-state index contributed by atoms with van der Waals surface area (Å²) < 4.78 is 25.2. The molecule has 0 aromatic heterocycles. The Morgan fingerprint density at radius 1 is 1.29 bits per heavy atom. The van der Waals surface area contributed by atoms with Crippen molar-refractivity contribution >= 4 is 0 Å². The van der Waals surface area contributed by atoms with E-state index in [1.54, 1.807) is 0 Å². The molecule has 4 N–H and O–H groups in total. The number of aliphatic hydroxyl groups excluding tert-OH is 2. The van der Waals surface area contributed by atoms with E-state index in [0.29, 0.717) is 0 Å². The van der Waals surface area contributed by atoms with E-state index in [0.717, 1.165) is 12.1 Å². The van der Waals surface area contributed by atoms with E-state index >= 15 is 0 Å². The smallest absolute Gasteiger partial charge is 0.159 e. The van der Waals surface area contributed by atoms with Gasteiger partial charge in [0.25, 0.3) is 0 Å². The maximum Gasteiger partial charge on any atom is 0.159 e. The van der Waals surface area contributed by atoms with Crippen molar-refractivity contribution in [2.75, 3.05) is 6.61 Å². The lowest BCUT2D eigenvalue weighted by Gasteiger charge is -2.16. The molecule has 3 nitrogen and oxygen atoms in total. The number of nitrogens with two attached hydrogens (primary N) is 1. The minimum Gasteiger partial charge on any atom is -0.395 e. The molecular weight excluding hydrogens is 192 g/mol. The minimum absolute atomic E-state index is 0.144. The third kappa shape index (κ3) is 2.25. The average Bonchev–Trinajstić information content (AvgIpc) is 2.20. The fourth-order valence-corrected chi connectivity index (χ4v) is 1.04. The van der Waals surface area contributed by atoms with Crippen LogP contribution in [0.5, 0.6) is 0 Å². The molecule has 1 rings (SSSR count). The predicted molar refractivity (Wildman–Crippen MR) is 46.4 cm³/mol. The van der Waals surface area contributed by atoms with Crippen molar-refractivity contribution in [1.82, 2.24) is 0 Å². The van der Waals surface area contributed by atoms with Crippen molar-refractivity contribution in [1.29, 1.82) is 0 Å². The van der Waals surface area contributed by atoms with Gasteiger partial charge in [-0.3, -0.25) is 0 Å². The van der Waals surface area contributed by atoms with Gasteiger partial charge in [-0.2, -0.15) is 0 Å². The van der Waals surface area contributed by atoms with Gasteiger partial charge in [-0.25, -0.2) is 8.78 Å². The topological polar surface area (TPSA) is 66.5 Å². The summed E-state index contributed by atoms with van der Waals surface area (Å²) in [6.45, 7) is -0.430. The van der Waals surface area contributed by atoms with Crippen LogP contribution in [-0.2, 0) is 0 Å². The van der Waals surface area contributed by atoms with Gasteiger partial charge < -0.3 is 15.9 Å². The second-order valence-electron chi connectivity index (χ2n) is 2.96. The molecular formula is C9H11F2NO2. The average molecular weight is 203 g/mol. The lowest BCUT2D eigenvalue weighted by molar-refractivity contribution is 0.109. The van der Waals surface area contributed by atoms with Gasteiger partial charge in [-0.05, 0) is 17.7 Å². The lowest BCUT2D eigenvalue weighted by Crippen LogP contribution is -2.31. The molecule has 5 heteroatoms. The first-order valence-corrected chi connectivity index (χ1v) is 4.05. The zero-order chi connectivity index (χ0) is 10.7. The molecule has 1 aromatic carbocycles. The van der Waals surface area contributed by atoms with Gasteiger partial charge in [0, 0.05) is 0 Å². The highest BCUT2D eigenvalue weighted by Gasteiger charge is 2.17. The Morgan fingerprint density at radius 2 is 1.93 bits per heavy atom. The van der Waals surface area contributed by atoms with Gasteiger partial charge >= 0.3 is 0 Å². The van der Waals surface area contributed by atoms with Crippen molar-refractivity contribution < 1.29 is 19.0 Å². The molecule has 0 aliphatic heterocycles. The van der Waals surface area contributed by atoms with E-state index < -0.39 is 30.4 Å². The zero-order valence-electron chi connectivity index (χ0n) is 7.32. The fraction of sp³-hybridized carbons (Fsp3) is 0.333. The highest BCUT2D eigenvalue weighted by atomic mass is 19.2. The molecule has 0 aliphatic rings. The van der Waals surface area contributed by atoms with E-state index in [9.17, 15) is 13.9 Å². The van der Waals surface area contributed by atoms with Gasteiger partial charge in [0.2, 0.25) is 0 Å². The van der Waals surface area contributed by atoms with E-state index in [-0.39, 0.29) is 5.56 Å². The molecule has 0 amide bonds. The molecule has 0 spiro atoms. The molecule has 0 saturated carbocycles. The molecule has 0 aliphatic carbocycles. The molecule has 0 heterocycles. The SMILES string of the molecule is NC(CO)C(O)c1ccc(F)c(F)c1. The first kappa shape index (κ1) is 11.0. The van der Waals surface area contributed by atoms with E-state index in [1.807, 2.05) is 0 Å². The lowest BCUT2D eigenvalue weighted by atomic mass is 10.0. The van der Waals surface area contributed by atoms with E-state index in [2.05, 4.69) is 0 Å². The molecule has 0 radical (unpaired) electrons. The first-order chi connectivity index (χ1) is 6.56. The number of aliphatic hydroxyl groups is 2. The molecule has 2 unspecified atom stereocenters. The van der Waals surface area contributed by atoms with Crippen LogP contribution in [0.4, 0.5) is 8.78 Å². The number of benzene rings is 1. The van der Waals surface area contributed by atoms with Crippen molar-refractivity contribution in [3.8, 4) is 0 Å². The van der Waals surface area contributed by atoms with Crippen molar-refractivity contribution in [2.45, 2.75) is 12.1 Å². The Morgan fingerprint density at radius 3 is 2.43 bits per heavy atom. The Labute approximate surface area is 79.8 Å². The zero-order valence-corrected chi connectivity index (χ0v) is 7.32. The van der Waals surface area contributed by atoms with Crippen LogP contribution in [0.3, 0.4) is 0 Å². The normalized spacial score (nSPS) is 15.2. The quantitative estimate of drug-likeness (QED) is 0.662. The molecule has 2 atom stereocenters. The third-order valence-corrected chi connectivity index (χ3v) is 1.90. The monoisotopic (exact) mass is 203 g/mol. The fourth-order valence-electron chi connectivity index (χ4n) is 1.04. The second kappa shape index (κ2) is 4.45. The highest BCUT2D eigenvalue weighted by molar-refractivity contribution is 5.21. The first-order valence-electron chi connectivity index (χ1n) is 4.05. The minimum atomic E-state index is -1.20. The van der Waals surface area contributed by atoms with Gasteiger partial charge in [0.1, 0.15) is 0 Å². The van der Waals surface area contributed by atoms with Crippen molar-refractivity contribution in [3.63, 3.8) is 0 Å². The molecule has 0 saturated heterocycles. The Bertz CT molecular complexity index is 320. The van der Waals surface area contributed by atoms with Crippen LogP contribution in [0.15, 0.2) is 18.2 Å². The summed E-state index contributed by atoms with van der Waals surface area (Å²) in [5, 5.41) is 18.1. The third-order valence-electron chi connectivity index (χ3n) is 1.90. The summed E-state index contributed by atoms with van der Waals surface area (Å²) in [6, 6.07) is 2.08. The summed E-state index contributed by atoms with van der Waals surface area (Å²) in [6.07, 6.45) is -1.20. The van der Waals surface area contributed by atoms with E-state index in [4.69, 9.17) is 10.8 Å². The summed E-state index contributed by atoms with van der Waals surface area (Å²) >= 11 is 0. The largest absolute Gasteiger partial charge is 0.395 e. The van der Waals surface area contributed by atoms with Crippen LogP contribution in [0, 0.1) is 11.6 Å². The maximum absolute atomic E-state index is 12.7. The number of hydrogen-bond acceptors (Lipinski definition) is 3. The summed E-state index contributed by atoms with van der Waals surface area (Å²) in [7, 11) is 0. The Hall–Kier alpha value is -1.04. The number of hydrogen-bond donors (Lipinski definition) is 3. The van der Waals surface area contributed by atoms with Crippen LogP contribution in [0.2, 0.25) is 0 Å². The van der Waals surface area contributed by atoms with Gasteiger partial charge in [0.15, 0.2) is 11.6 Å². The Balaban J connectivity index is 2.91. The van der Waals surface area contributed by atoms with Crippen LogP contribution in [-0.4, -0.2) is 22.9 Å². The second-order valence-corrected chi connectivity index (χ2v) is 2.96. The maximum atomic E-state index is 12.7. The summed E-state index contributed by atoms with van der Waals surface area (Å²) in [4.78, 5) is 0. The van der Waals surface area contributed by atoms with E-state index in [1.165, 1.54) is 6.07 Å². The number of halogens is 2. The van der Waals surface area contributed by atoms with Crippen LogP contribution >= 0.6 is 0 Å². The molecule has 14 heavy (non-hydrogen) atoms. The van der Waals surface area contributed by atoms with Crippen molar-refractivity contribution in [2.24, 2.45) is 5.73 Å². The highest BCUT2D eigenvalue weighted by Crippen LogP contribution is 2.18. The van der Waals surface area contributed by atoms with Crippen molar-refractivity contribution in [3.05, 3.63) is 35.4 Å². The van der Waals surface area contributed by atoms with Crippen LogP contribution in [0.25, 0.3) is 0 Å². The molecule has 78 valence electrons.